The summed E-state index contributed by atoms with van der Waals surface area (Å²) in [5.41, 5.74) is 1.40. The molecule has 0 aliphatic heterocycles. The minimum atomic E-state index is 1.03. The smallest absolute Gasteiger partial charge is 0.234 e. The van der Waals surface area contributed by atoms with Gasteiger partial charge < -0.3 is 0 Å². The molecule has 2 rings (SSSR count). The highest BCUT2D eigenvalue weighted by Crippen LogP contribution is 2.09. The van der Waals surface area contributed by atoms with Crippen molar-refractivity contribution in [2.45, 2.75) is 71.9 Å². The number of rotatable bonds is 10. The molecule has 0 bridgehead atoms. The fourth-order valence-corrected chi connectivity index (χ4v) is 3.01. The highest BCUT2D eigenvalue weighted by atomic mass is 15.1. The van der Waals surface area contributed by atoms with Gasteiger partial charge in [0.1, 0.15) is 12.4 Å². The molecule has 0 unspecified atom stereocenters. The number of aryl methyl sites for hydroxylation is 2. The molecule has 0 fully saturated rings. The van der Waals surface area contributed by atoms with Gasteiger partial charge in [-0.1, -0.05) is 63.4 Å². The van der Waals surface area contributed by atoms with E-state index in [1.54, 1.807) is 0 Å². The van der Waals surface area contributed by atoms with Crippen molar-refractivity contribution in [1.29, 1.82) is 0 Å². The molecule has 1 aromatic heterocycles. The SMILES string of the molecule is CCCCCCC[n+]1ccn(CCC)c1Cc1ccccc1. The van der Waals surface area contributed by atoms with Crippen LogP contribution in [0, 0.1) is 0 Å². The Hall–Kier alpha value is -1.57. The largest absolute Gasteiger partial charge is 0.260 e. The summed E-state index contributed by atoms with van der Waals surface area (Å²) >= 11 is 0. The van der Waals surface area contributed by atoms with E-state index in [1.165, 1.54) is 49.9 Å². The van der Waals surface area contributed by atoms with Crippen molar-refractivity contribution in [3.8, 4) is 0 Å². The number of aromatic nitrogens is 2. The molecular formula is C20H31N2+. The van der Waals surface area contributed by atoms with Gasteiger partial charge in [-0.15, -0.1) is 0 Å². The van der Waals surface area contributed by atoms with E-state index in [2.05, 4.69) is 65.7 Å². The number of benzene rings is 1. The molecule has 0 amide bonds. The second-order valence-corrected chi connectivity index (χ2v) is 6.18. The predicted octanol–water partition coefficient (Wildman–Crippen LogP) is 4.75. The molecule has 0 aliphatic rings. The quantitative estimate of drug-likeness (QED) is 0.442. The molecule has 2 nitrogen and oxygen atoms in total. The van der Waals surface area contributed by atoms with E-state index in [0.717, 1.165) is 19.5 Å². The van der Waals surface area contributed by atoms with Crippen LogP contribution in [0.15, 0.2) is 42.7 Å². The van der Waals surface area contributed by atoms with E-state index in [-0.39, 0.29) is 0 Å². The average molecular weight is 299 g/mol. The normalized spacial score (nSPS) is 11.0. The van der Waals surface area contributed by atoms with Gasteiger partial charge in [0.05, 0.1) is 19.5 Å². The lowest BCUT2D eigenvalue weighted by Gasteiger charge is -2.05. The molecule has 0 saturated heterocycles. The third kappa shape index (κ3) is 5.01. The Bertz CT molecular complexity index is 528. The van der Waals surface area contributed by atoms with Crippen molar-refractivity contribution in [3.05, 3.63) is 54.1 Å². The van der Waals surface area contributed by atoms with E-state index in [1.807, 2.05) is 0 Å². The van der Waals surface area contributed by atoms with Gasteiger partial charge in [0.2, 0.25) is 0 Å². The van der Waals surface area contributed by atoms with Gasteiger partial charge in [0.15, 0.2) is 0 Å². The first-order valence-corrected chi connectivity index (χ1v) is 8.96. The highest BCUT2D eigenvalue weighted by molar-refractivity contribution is 5.18. The van der Waals surface area contributed by atoms with E-state index < -0.39 is 0 Å². The van der Waals surface area contributed by atoms with Gasteiger partial charge in [-0.2, -0.15) is 0 Å². The summed E-state index contributed by atoms with van der Waals surface area (Å²) in [5, 5.41) is 0. The van der Waals surface area contributed by atoms with Crippen LogP contribution in [0.4, 0.5) is 0 Å². The Kier molecular flexibility index (Phi) is 7.21. The minimum Gasteiger partial charge on any atom is -0.234 e. The van der Waals surface area contributed by atoms with Crippen molar-refractivity contribution in [2.75, 3.05) is 0 Å². The average Bonchev–Trinajstić information content (AvgIpc) is 2.91. The maximum absolute atomic E-state index is 2.47. The summed E-state index contributed by atoms with van der Waals surface area (Å²) in [6.45, 7) is 6.80. The molecule has 0 aliphatic carbocycles. The molecule has 1 aromatic carbocycles. The molecule has 2 aromatic rings. The summed E-state index contributed by atoms with van der Waals surface area (Å²) in [6.07, 6.45) is 13.5. The molecule has 0 spiro atoms. The Morgan fingerprint density at radius 1 is 0.909 bits per heavy atom. The number of hydrogen-bond donors (Lipinski definition) is 0. The van der Waals surface area contributed by atoms with Gasteiger partial charge >= 0.3 is 0 Å². The van der Waals surface area contributed by atoms with Gasteiger partial charge in [-0.25, -0.2) is 9.13 Å². The van der Waals surface area contributed by atoms with Crippen molar-refractivity contribution in [3.63, 3.8) is 0 Å². The van der Waals surface area contributed by atoms with Crippen LogP contribution in [0.1, 0.15) is 63.8 Å². The van der Waals surface area contributed by atoms with Crippen LogP contribution in [-0.4, -0.2) is 4.57 Å². The number of imidazole rings is 1. The Morgan fingerprint density at radius 2 is 1.68 bits per heavy atom. The van der Waals surface area contributed by atoms with Crippen LogP contribution in [-0.2, 0) is 19.5 Å². The van der Waals surface area contributed by atoms with Crippen LogP contribution in [0.5, 0.6) is 0 Å². The molecule has 22 heavy (non-hydrogen) atoms. The first-order chi connectivity index (χ1) is 10.8. The molecule has 0 atom stereocenters. The number of hydrogen-bond acceptors (Lipinski definition) is 0. The van der Waals surface area contributed by atoms with Gasteiger partial charge in [-0.3, -0.25) is 0 Å². The van der Waals surface area contributed by atoms with Crippen molar-refractivity contribution < 1.29 is 4.57 Å². The van der Waals surface area contributed by atoms with Crippen molar-refractivity contribution in [2.24, 2.45) is 0 Å². The zero-order valence-corrected chi connectivity index (χ0v) is 14.3. The van der Waals surface area contributed by atoms with Gasteiger partial charge in [0, 0.05) is 0 Å². The molecule has 2 heteroatoms. The predicted molar refractivity (Wildman–Crippen MR) is 92.9 cm³/mol. The van der Waals surface area contributed by atoms with Crippen molar-refractivity contribution in [1.82, 2.24) is 4.57 Å². The number of unbranched alkanes of at least 4 members (excludes halogenated alkanes) is 4. The van der Waals surface area contributed by atoms with Gasteiger partial charge in [0.25, 0.3) is 5.82 Å². The summed E-state index contributed by atoms with van der Waals surface area (Å²) < 4.78 is 4.90. The summed E-state index contributed by atoms with van der Waals surface area (Å²) in [6, 6.07) is 10.8. The van der Waals surface area contributed by atoms with E-state index in [0.29, 0.717) is 0 Å². The first-order valence-electron chi connectivity index (χ1n) is 8.96. The summed E-state index contributed by atoms with van der Waals surface area (Å²) in [4.78, 5) is 0. The highest BCUT2D eigenvalue weighted by Gasteiger charge is 2.16. The number of nitrogens with zero attached hydrogens (tertiary/aromatic N) is 2. The standard InChI is InChI=1S/C20H31N2/c1-3-5-6-7-11-15-22-17-16-21(14-4-2)20(22)18-19-12-9-8-10-13-19/h8-10,12-13,16-17H,3-7,11,14-15,18H2,1-2H3/q+1. The maximum Gasteiger partial charge on any atom is 0.260 e. The van der Waals surface area contributed by atoms with E-state index in [9.17, 15) is 0 Å². The lowest BCUT2D eigenvalue weighted by molar-refractivity contribution is -0.703. The van der Waals surface area contributed by atoms with Gasteiger partial charge in [-0.05, 0) is 24.8 Å². The minimum absolute atomic E-state index is 1.03. The Balaban J connectivity index is 2.02. The monoisotopic (exact) mass is 299 g/mol. The molecule has 0 radical (unpaired) electrons. The van der Waals surface area contributed by atoms with E-state index in [4.69, 9.17) is 0 Å². The third-order valence-corrected chi connectivity index (χ3v) is 4.26. The summed E-state index contributed by atoms with van der Waals surface area (Å²) in [5.74, 6) is 1.45. The second kappa shape index (κ2) is 9.45. The van der Waals surface area contributed by atoms with Crippen LogP contribution >= 0.6 is 0 Å². The third-order valence-electron chi connectivity index (χ3n) is 4.26. The zero-order chi connectivity index (χ0) is 15.6. The van der Waals surface area contributed by atoms with Crippen LogP contribution in [0.25, 0.3) is 0 Å². The topological polar surface area (TPSA) is 8.81 Å². The first kappa shape index (κ1) is 16.8. The zero-order valence-electron chi connectivity index (χ0n) is 14.3. The fraction of sp³-hybridized carbons (Fsp3) is 0.550. The lowest BCUT2D eigenvalue weighted by Crippen LogP contribution is -2.37. The molecule has 120 valence electrons. The fourth-order valence-electron chi connectivity index (χ4n) is 3.01. The second-order valence-electron chi connectivity index (χ2n) is 6.18. The molecule has 1 heterocycles. The van der Waals surface area contributed by atoms with Crippen LogP contribution in [0.2, 0.25) is 0 Å². The molecule has 0 saturated carbocycles. The van der Waals surface area contributed by atoms with Crippen molar-refractivity contribution >= 4 is 0 Å². The summed E-state index contributed by atoms with van der Waals surface area (Å²) in [7, 11) is 0. The maximum atomic E-state index is 2.47. The lowest BCUT2D eigenvalue weighted by atomic mass is 10.1. The molecule has 0 N–H and O–H groups in total. The van der Waals surface area contributed by atoms with Crippen LogP contribution < -0.4 is 4.57 Å². The Morgan fingerprint density at radius 3 is 2.41 bits per heavy atom. The Labute approximate surface area is 135 Å². The molecular weight excluding hydrogens is 268 g/mol. The van der Waals surface area contributed by atoms with E-state index >= 15 is 0 Å². The van der Waals surface area contributed by atoms with Crippen LogP contribution in [0.3, 0.4) is 0 Å².